The summed E-state index contributed by atoms with van der Waals surface area (Å²) in [7, 11) is 3.92. The molecule has 2 atom stereocenters. The molecule has 0 bridgehead atoms. The van der Waals surface area contributed by atoms with Gasteiger partial charge in [-0.25, -0.2) is 0 Å². The molecular weight excluding hydrogens is 384 g/mol. The van der Waals surface area contributed by atoms with Crippen LogP contribution in [0.2, 0.25) is 0 Å². The number of hydrogen-bond donors (Lipinski definition) is 1. The first-order chi connectivity index (χ1) is 15.0. The summed E-state index contributed by atoms with van der Waals surface area (Å²) in [6, 6.07) is 18.9. The van der Waals surface area contributed by atoms with Crippen LogP contribution in [0.5, 0.6) is 0 Å². The molecule has 0 radical (unpaired) electrons. The van der Waals surface area contributed by atoms with Crippen molar-refractivity contribution >= 4 is 5.91 Å². The van der Waals surface area contributed by atoms with Crippen molar-refractivity contribution in [2.45, 2.75) is 37.8 Å². The zero-order chi connectivity index (χ0) is 22.0. The first-order valence-electron chi connectivity index (χ1n) is 11.0. The molecule has 2 aliphatic rings. The van der Waals surface area contributed by atoms with Gasteiger partial charge in [-0.2, -0.15) is 5.26 Å². The summed E-state index contributed by atoms with van der Waals surface area (Å²) in [5.41, 5.74) is 4.89. The van der Waals surface area contributed by atoms with Crippen LogP contribution in [0.15, 0.2) is 60.3 Å². The lowest BCUT2D eigenvalue weighted by Crippen LogP contribution is -2.47. The van der Waals surface area contributed by atoms with Gasteiger partial charge in [-0.3, -0.25) is 4.79 Å². The molecule has 1 fully saturated rings. The number of nitriles is 1. The van der Waals surface area contributed by atoms with Gasteiger partial charge in [0.1, 0.15) is 0 Å². The molecule has 2 unspecified atom stereocenters. The lowest BCUT2D eigenvalue weighted by atomic mass is 9.82. The smallest absolute Gasteiger partial charge is 0.270 e. The van der Waals surface area contributed by atoms with Crippen molar-refractivity contribution in [3.05, 3.63) is 82.6 Å². The summed E-state index contributed by atoms with van der Waals surface area (Å²) in [5.74, 6) is 0.105. The lowest BCUT2D eigenvalue weighted by molar-refractivity contribution is -0.131. The average molecular weight is 415 g/mol. The highest BCUT2D eigenvalue weighted by Gasteiger charge is 2.38. The van der Waals surface area contributed by atoms with Crippen LogP contribution in [0, 0.1) is 18.3 Å². The van der Waals surface area contributed by atoms with Crippen molar-refractivity contribution in [1.82, 2.24) is 15.1 Å². The van der Waals surface area contributed by atoms with Crippen LogP contribution in [-0.4, -0.2) is 48.9 Å². The van der Waals surface area contributed by atoms with E-state index < -0.39 is 0 Å². The normalized spacial score (nSPS) is 22.3. The molecule has 0 spiro atoms. The van der Waals surface area contributed by atoms with E-state index in [4.69, 9.17) is 0 Å². The van der Waals surface area contributed by atoms with Crippen LogP contribution in [0.1, 0.15) is 47.1 Å². The summed E-state index contributed by atoms with van der Waals surface area (Å²) in [4.78, 5) is 17.6. The molecule has 160 valence electrons. The van der Waals surface area contributed by atoms with E-state index in [1.807, 2.05) is 43.3 Å². The Hall–Kier alpha value is -3.10. The van der Waals surface area contributed by atoms with E-state index in [9.17, 15) is 10.1 Å². The average Bonchev–Trinajstić information content (AvgIpc) is 2.81. The van der Waals surface area contributed by atoms with Gasteiger partial charge in [0.2, 0.25) is 0 Å². The maximum atomic E-state index is 13.5. The van der Waals surface area contributed by atoms with Crippen molar-refractivity contribution in [1.29, 1.82) is 5.26 Å². The van der Waals surface area contributed by atoms with Gasteiger partial charge in [0.15, 0.2) is 0 Å². The van der Waals surface area contributed by atoms with Gasteiger partial charge in [0.25, 0.3) is 5.91 Å². The quantitative estimate of drug-likeness (QED) is 0.828. The largest absolute Gasteiger partial charge is 0.367 e. The number of hydrogen-bond acceptors (Lipinski definition) is 4. The predicted molar refractivity (Wildman–Crippen MR) is 122 cm³/mol. The Labute approximate surface area is 185 Å². The third-order valence-electron chi connectivity index (χ3n) is 6.72. The SMILES string of the molecule is CNC1CCN(C2=CC(c3ccc(C#N)cc3)C(c3ccc(C)cc3)N(C)C2=O)CC1. The number of likely N-dealkylation sites (N-methyl/N-ethyl adjacent to an activating group) is 1. The molecule has 0 aliphatic carbocycles. The van der Waals surface area contributed by atoms with Crippen LogP contribution in [0.25, 0.3) is 0 Å². The van der Waals surface area contributed by atoms with E-state index in [0.717, 1.165) is 42.8 Å². The molecule has 2 aromatic rings. The molecule has 1 saturated heterocycles. The van der Waals surface area contributed by atoms with Crippen LogP contribution in [-0.2, 0) is 4.79 Å². The molecule has 5 nitrogen and oxygen atoms in total. The number of piperidine rings is 1. The molecular formula is C26H30N4O. The molecule has 0 saturated carbocycles. The highest BCUT2D eigenvalue weighted by atomic mass is 16.2. The van der Waals surface area contributed by atoms with Crippen LogP contribution in [0.4, 0.5) is 0 Å². The molecule has 31 heavy (non-hydrogen) atoms. The second-order valence-electron chi connectivity index (χ2n) is 8.63. The van der Waals surface area contributed by atoms with E-state index in [-0.39, 0.29) is 17.9 Å². The third-order valence-corrected chi connectivity index (χ3v) is 6.72. The number of rotatable bonds is 4. The van der Waals surface area contributed by atoms with Gasteiger partial charge >= 0.3 is 0 Å². The fourth-order valence-electron chi connectivity index (χ4n) is 4.78. The summed E-state index contributed by atoms with van der Waals surface area (Å²) >= 11 is 0. The highest BCUT2D eigenvalue weighted by Crippen LogP contribution is 2.42. The standard InChI is InChI=1S/C26H30N4O/c1-18-4-8-21(9-5-18)25-23(20-10-6-19(17-27)7-11-20)16-24(26(31)29(25)3)30-14-12-22(28-2)13-15-30/h4-11,16,22-23,25,28H,12-15H2,1-3H3. The van der Waals surface area contributed by atoms with Gasteiger partial charge in [-0.05, 0) is 56.1 Å². The number of aryl methyl sites for hydroxylation is 1. The van der Waals surface area contributed by atoms with Crippen molar-refractivity contribution in [2.24, 2.45) is 0 Å². The highest BCUT2D eigenvalue weighted by molar-refractivity contribution is 5.94. The lowest BCUT2D eigenvalue weighted by Gasteiger charge is -2.43. The Kier molecular flexibility index (Phi) is 6.11. The number of benzene rings is 2. The number of amides is 1. The Morgan fingerprint density at radius 1 is 1.00 bits per heavy atom. The first kappa shape index (κ1) is 21.1. The van der Waals surface area contributed by atoms with Gasteiger partial charge in [-0.15, -0.1) is 0 Å². The zero-order valence-corrected chi connectivity index (χ0v) is 18.5. The minimum absolute atomic E-state index is 0.0233. The number of nitrogens with zero attached hydrogens (tertiary/aromatic N) is 3. The van der Waals surface area contributed by atoms with Crippen molar-refractivity contribution < 1.29 is 4.79 Å². The molecule has 1 N–H and O–H groups in total. The van der Waals surface area contributed by atoms with Gasteiger partial charge in [0, 0.05) is 32.1 Å². The molecule has 2 aliphatic heterocycles. The molecule has 0 aromatic heterocycles. The Bertz CT molecular complexity index is 995. The molecule has 5 heteroatoms. The fourth-order valence-corrected chi connectivity index (χ4v) is 4.78. The Balaban J connectivity index is 1.75. The molecule has 2 aromatic carbocycles. The van der Waals surface area contributed by atoms with Crippen molar-refractivity contribution in [2.75, 3.05) is 27.2 Å². The Morgan fingerprint density at radius 3 is 2.19 bits per heavy atom. The minimum atomic E-state index is -0.0837. The maximum Gasteiger partial charge on any atom is 0.270 e. The summed E-state index contributed by atoms with van der Waals surface area (Å²) in [6.45, 7) is 3.84. The summed E-state index contributed by atoms with van der Waals surface area (Å²) in [5, 5.41) is 12.6. The van der Waals surface area contributed by atoms with Crippen LogP contribution < -0.4 is 5.32 Å². The van der Waals surface area contributed by atoms with Gasteiger partial charge < -0.3 is 15.1 Å². The molecule has 2 heterocycles. The van der Waals surface area contributed by atoms with Crippen molar-refractivity contribution in [3.63, 3.8) is 0 Å². The Morgan fingerprint density at radius 2 is 1.61 bits per heavy atom. The van der Waals surface area contributed by atoms with Crippen LogP contribution in [0.3, 0.4) is 0 Å². The van der Waals surface area contributed by atoms with Gasteiger partial charge in [-0.1, -0.05) is 42.0 Å². The van der Waals surface area contributed by atoms with Gasteiger partial charge in [0.05, 0.1) is 23.4 Å². The summed E-state index contributed by atoms with van der Waals surface area (Å²) in [6.07, 6.45) is 4.23. The van der Waals surface area contributed by atoms with E-state index in [2.05, 4.69) is 53.6 Å². The van der Waals surface area contributed by atoms with Crippen LogP contribution >= 0.6 is 0 Å². The van der Waals surface area contributed by atoms with E-state index in [1.54, 1.807) is 0 Å². The van der Waals surface area contributed by atoms with Crippen molar-refractivity contribution in [3.8, 4) is 6.07 Å². The minimum Gasteiger partial charge on any atom is -0.367 e. The monoisotopic (exact) mass is 414 g/mol. The summed E-state index contributed by atoms with van der Waals surface area (Å²) < 4.78 is 0. The third kappa shape index (κ3) is 4.22. The molecule has 4 rings (SSSR count). The predicted octanol–water partition coefficient (Wildman–Crippen LogP) is 3.73. The van der Waals surface area contributed by atoms with E-state index in [1.165, 1.54) is 5.56 Å². The number of likely N-dealkylation sites (tertiary alicyclic amines) is 1. The number of nitrogens with one attached hydrogen (secondary N) is 1. The maximum absolute atomic E-state index is 13.5. The second kappa shape index (κ2) is 8.95. The fraction of sp³-hybridized carbons (Fsp3) is 0.385. The number of carbonyl (C=O) groups is 1. The molecule has 1 amide bonds. The second-order valence-corrected chi connectivity index (χ2v) is 8.63. The van der Waals surface area contributed by atoms with E-state index >= 15 is 0 Å². The zero-order valence-electron chi connectivity index (χ0n) is 18.5. The topological polar surface area (TPSA) is 59.4 Å². The number of carbonyl (C=O) groups excluding carboxylic acids is 1. The first-order valence-corrected chi connectivity index (χ1v) is 11.0. The van der Waals surface area contributed by atoms with E-state index in [0.29, 0.717) is 11.6 Å².